The molecule has 168 valence electrons. The molecule has 1 aromatic heterocycles. The largest absolute Gasteiger partial charge is 0.497 e. The van der Waals surface area contributed by atoms with Crippen molar-refractivity contribution in [2.45, 2.75) is 9.79 Å². The zero-order valence-corrected chi connectivity index (χ0v) is 18.5. The van der Waals surface area contributed by atoms with E-state index in [0.29, 0.717) is 29.7 Å². The number of hydrazine groups is 1. The van der Waals surface area contributed by atoms with Crippen LogP contribution in [-0.2, 0) is 9.84 Å². The maximum atomic E-state index is 13.5. The van der Waals surface area contributed by atoms with Crippen molar-refractivity contribution < 1.29 is 18.1 Å². The monoisotopic (exact) mass is 457 g/mol. The van der Waals surface area contributed by atoms with E-state index in [9.17, 15) is 18.5 Å². The molecule has 2 heterocycles. The average Bonchev–Trinajstić information content (AvgIpc) is 2.80. The average molecular weight is 458 g/mol. The van der Waals surface area contributed by atoms with Crippen molar-refractivity contribution in [1.82, 2.24) is 14.9 Å². The van der Waals surface area contributed by atoms with Gasteiger partial charge in [-0.3, -0.25) is 15.1 Å². The van der Waals surface area contributed by atoms with E-state index >= 15 is 0 Å². The first-order chi connectivity index (χ1) is 15.3. The Labute approximate surface area is 185 Å². The molecule has 3 aromatic rings. The van der Waals surface area contributed by atoms with Crippen LogP contribution in [0.5, 0.6) is 5.75 Å². The van der Waals surface area contributed by atoms with E-state index in [1.807, 2.05) is 12.1 Å². The molecule has 0 aliphatic carbocycles. The van der Waals surface area contributed by atoms with Gasteiger partial charge in [-0.05, 0) is 37.4 Å². The first-order valence-corrected chi connectivity index (χ1v) is 11.4. The van der Waals surface area contributed by atoms with Crippen LogP contribution in [-0.4, -0.2) is 68.6 Å². The number of pyridine rings is 1. The van der Waals surface area contributed by atoms with E-state index in [4.69, 9.17) is 4.74 Å². The molecule has 0 spiro atoms. The summed E-state index contributed by atoms with van der Waals surface area (Å²) in [6.45, 7) is 2.93. The van der Waals surface area contributed by atoms with Gasteiger partial charge in [0.2, 0.25) is 9.84 Å². The maximum Gasteiger partial charge on any atom is 0.270 e. The van der Waals surface area contributed by atoms with Crippen molar-refractivity contribution in [2.24, 2.45) is 0 Å². The van der Waals surface area contributed by atoms with Crippen LogP contribution in [0.2, 0.25) is 0 Å². The molecular weight excluding hydrogens is 434 g/mol. The minimum absolute atomic E-state index is 0.0467. The summed E-state index contributed by atoms with van der Waals surface area (Å²) in [6.07, 6.45) is 1.30. The highest BCUT2D eigenvalue weighted by Gasteiger charge is 2.26. The zero-order valence-electron chi connectivity index (χ0n) is 17.7. The second-order valence-electron chi connectivity index (χ2n) is 7.54. The molecule has 0 saturated carbocycles. The number of aromatic nitrogens is 1. The number of nitro benzene ring substituents is 1. The summed E-state index contributed by atoms with van der Waals surface area (Å²) in [5.41, 5.74) is 3.81. The number of hydrogen-bond acceptors (Lipinski definition) is 9. The van der Waals surface area contributed by atoms with Gasteiger partial charge in [0.25, 0.3) is 5.69 Å². The minimum atomic E-state index is -3.97. The molecule has 11 heteroatoms. The van der Waals surface area contributed by atoms with Gasteiger partial charge in [0.15, 0.2) is 0 Å². The van der Waals surface area contributed by atoms with Crippen molar-refractivity contribution in [3.63, 3.8) is 0 Å². The van der Waals surface area contributed by atoms with Gasteiger partial charge in [0.1, 0.15) is 10.6 Å². The van der Waals surface area contributed by atoms with Crippen LogP contribution in [0.25, 0.3) is 10.9 Å². The number of non-ortho nitro benzene ring substituents is 1. The van der Waals surface area contributed by atoms with E-state index < -0.39 is 14.8 Å². The Kier molecular flexibility index (Phi) is 5.96. The molecule has 4 rings (SSSR count). The summed E-state index contributed by atoms with van der Waals surface area (Å²) < 4.78 is 32.2. The van der Waals surface area contributed by atoms with Gasteiger partial charge in [-0.2, -0.15) is 0 Å². The Morgan fingerprint density at radius 2 is 1.78 bits per heavy atom. The number of hydrogen-bond donors (Lipinski definition) is 1. The summed E-state index contributed by atoms with van der Waals surface area (Å²) in [7, 11) is -0.451. The van der Waals surface area contributed by atoms with Crippen molar-refractivity contribution in [3.05, 3.63) is 58.8 Å². The topological polar surface area (TPSA) is 118 Å². The highest BCUT2D eigenvalue weighted by molar-refractivity contribution is 7.91. The minimum Gasteiger partial charge on any atom is -0.497 e. The predicted octanol–water partition coefficient (Wildman–Crippen LogP) is 2.56. The smallest absolute Gasteiger partial charge is 0.270 e. The van der Waals surface area contributed by atoms with Gasteiger partial charge in [0.05, 0.1) is 28.1 Å². The van der Waals surface area contributed by atoms with Crippen LogP contribution in [0.15, 0.2) is 58.5 Å². The molecule has 1 aliphatic rings. The van der Waals surface area contributed by atoms with E-state index in [0.717, 1.165) is 13.1 Å². The molecular formula is C21H23N5O5S. The lowest BCUT2D eigenvalue weighted by Gasteiger charge is -2.33. The molecule has 0 amide bonds. The number of nitrogens with zero attached hydrogens (tertiary/aromatic N) is 4. The summed E-state index contributed by atoms with van der Waals surface area (Å²) in [5.74, 6) is 0.534. The van der Waals surface area contributed by atoms with Gasteiger partial charge in [-0.25, -0.2) is 13.4 Å². The molecule has 0 atom stereocenters. The Bertz CT molecular complexity index is 1260. The Morgan fingerprint density at radius 1 is 1.09 bits per heavy atom. The number of nitro groups is 1. The summed E-state index contributed by atoms with van der Waals surface area (Å²) >= 11 is 0. The molecule has 1 fully saturated rings. The van der Waals surface area contributed by atoms with Crippen LogP contribution in [0, 0.1) is 10.1 Å². The fraction of sp³-hybridized carbons (Fsp3) is 0.286. The Hall–Kier alpha value is -3.28. The van der Waals surface area contributed by atoms with Crippen LogP contribution >= 0.6 is 0 Å². The number of methoxy groups -OCH3 is 1. The number of piperazine rings is 1. The van der Waals surface area contributed by atoms with E-state index in [1.165, 1.54) is 43.6 Å². The van der Waals surface area contributed by atoms with Crippen LogP contribution in [0.3, 0.4) is 0 Å². The quantitative estimate of drug-likeness (QED) is 0.440. The van der Waals surface area contributed by atoms with Crippen molar-refractivity contribution in [3.8, 4) is 5.75 Å². The van der Waals surface area contributed by atoms with Crippen molar-refractivity contribution in [2.75, 3.05) is 45.8 Å². The number of sulfone groups is 1. The summed E-state index contributed by atoms with van der Waals surface area (Å²) in [5, 5.41) is 13.6. The van der Waals surface area contributed by atoms with E-state index in [1.54, 1.807) is 12.1 Å². The van der Waals surface area contributed by atoms with Gasteiger partial charge in [-0.1, -0.05) is 0 Å². The third-order valence-corrected chi connectivity index (χ3v) is 7.24. The highest BCUT2D eigenvalue weighted by atomic mass is 32.2. The lowest BCUT2D eigenvalue weighted by molar-refractivity contribution is -0.384. The normalized spacial score (nSPS) is 15.6. The van der Waals surface area contributed by atoms with Gasteiger partial charge < -0.3 is 15.1 Å². The third kappa shape index (κ3) is 4.22. The first-order valence-electron chi connectivity index (χ1n) is 9.96. The fourth-order valence-electron chi connectivity index (χ4n) is 3.55. The van der Waals surface area contributed by atoms with Crippen molar-refractivity contribution in [1.29, 1.82) is 0 Å². The van der Waals surface area contributed by atoms with Gasteiger partial charge in [-0.15, -0.1) is 0 Å². The second kappa shape index (κ2) is 8.69. The van der Waals surface area contributed by atoms with Crippen LogP contribution < -0.4 is 10.2 Å². The standard InChI is InChI=1S/C21H23N5O5S/c1-24-9-11-25(12-10-24)23-21-18-13-15(26(27)28)3-8-19(18)22-14-20(21)32(29,30)17-6-4-16(31-2)5-7-17/h3-8,13-14H,9-12H2,1-2H3,(H,22,23). The van der Waals surface area contributed by atoms with Crippen LogP contribution in [0.4, 0.5) is 11.4 Å². The molecule has 1 N–H and O–H groups in total. The zero-order chi connectivity index (χ0) is 22.9. The van der Waals surface area contributed by atoms with Crippen LogP contribution in [0.1, 0.15) is 0 Å². The lowest BCUT2D eigenvalue weighted by atomic mass is 10.1. The molecule has 1 aliphatic heterocycles. The van der Waals surface area contributed by atoms with Gasteiger partial charge in [0, 0.05) is 49.9 Å². The fourth-order valence-corrected chi connectivity index (χ4v) is 4.92. The number of fused-ring (bicyclic) bond motifs is 1. The molecule has 32 heavy (non-hydrogen) atoms. The molecule has 0 bridgehead atoms. The SMILES string of the molecule is COc1ccc(S(=O)(=O)c2cnc3ccc([N+](=O)[O-])cc3c2NN2CCN(C)CC2)cc1. The number of nitrogens with one attached hydrogen (secondary N) is 1. The second-order valence-corrected chi connectivity index (χ2v) is 9.46. The van der Waals surface area contributed by atoms with E-state index in [2.05, 4.69) is 15.3 Å². The van der Waals surface area contributed by atoms with E-state index in [-0.39, 0.29) is 21.2 Å². The third-order valence-electron chi connectivity index (χ3n) is 5.46. The molecule has 0 unspecified atom stereocenters. The summed E-state index contributed by atoms with van der Waals surface area (Å²) in [6, 6.07) is 10.3. The first kappa shape index (κ1) is 21.9. The predicted molar refractivity (Wildman–Crippen MR) is 120 cm³/mol. The molecule has 1 saturated heterocycles. The Morgan fingerprint density at radius 3 is 2.41 bits per heavy atom. The Balaban J connectivity index is 1.87. The summed E-state index contributed by atoms with van der Waals surface area (Å²) in [4.78, 5) is 17.3. The maximum absolute atomic E-state index is 13.5. The number of rotatable bonds is 6. The lowest BCUT2D eigenvalue weighted by Crippen LogP contribution is -2.47. The number of benzene rings is 2. The molecule has 10 nitrogen and oxygen atoms in total. The highest BCUT2D eigenvalue weighted by Crippen LogP contribution is 2.35. The molecule has 2 aromatic carbocycles. The number of likely N-dealkylation sites (N-methyl/N-ethyl adjacent to an activating group) is 1. The number of anilines is 1. The van der Waals surface area contributed by atoms with Crippen molar-refractivity contribution >= 4 is 32.1 Å². The number of ether oxygens (including phenoxy) is 1. The molecule has 0 radical (unpaired) electrons. The van der Waals surface area contributed by atoms with Gasteiger partial charge >= 0.3 is 0 Å².